The fraction of sp³-hybridized carbons (Fsp3) is 0.310. The lowest BCUT2D eigenvalue weighted by molar-refractivity contribution is -0.139. The summed E-state index contributed by atoms with van der Waals surface area (Å²) in [5, 5.41) is 2.76. The zero-order chi connectivity index (χ0) is 27.9. The van der Waals surface area contributed by atoms with E-state index in [4.69, 9.17) is 0 Å². The maximum atomic E-state index is 13.8. The van der Waals surface area contributed by atoms with E-state index in [2.05, 4.69) is 35.1 Å². The van der Waals surface area contributed by atoms with Crippen molar-refractivity contribution in [3.63, 3.8) is 0 Å². The van der Waals surface area contributed by atoms with E-state index in [0.29, 0.717) is 12.2 Å². The standard InChI is InChI=1S/C29H34BrN3O4S/c1-5-31-29(35)22(4)32(19-23-10-9-11-25(30)18-23)28(34)20-33(26-16-14-24(15-17-26)21(2)3)38(36,37)27-12-7-6-8-13-27/h6-18,21-22H,5,19-20H2,1-4H3,(H,31,35)/t22-/m0/s1. The van der Waals surface area contributed by atoms with E-state index in [0.717, 1.165) is 19.9 Å². The van der Waals surface area contributed by atoms with Crippen molar-refractivity contribution in [3.8, 4) is 0 Å². The number of carbonyl (C=O) groups is 2. The number of nitrogens with zero attached hydrogens (tertiary/aromatic N) is 2. The Morgan fingerprint density at radius 1 is 0.921 bits per heavy atom. The Morgan fingerprint density at radius 3 is 2.16 bits per heavy atom. The van der Waals surface area contributed by atoms with E-state index in [9.17, 15) is 18.0 Å². The van der Waals surface area contributed by atoms with Gasteiger partial charge in [0.05, 0.1) is 10.6 Å². The van der Waals surface area contributed by atoms with Crippen molar-refractivity contribution in [2.24, 2.45) is 0 Å². The van der Waals surface area contributed by atoms with E-state index in [1.165, 1.54) is 17.0 Å². The maximum Gasteiger partial charge on any atom is 0.264 e. The van der Waals surface area contributed by atoms with E-state index in [1.807, 2.05) is 36.4 Å². The Morgan fingerprint density at radius 2 is 1.58 bits per heavy atom. The van der Waals surface area contributed by atoms with Gasteiger partial charge in [-0.2, -0.15) is 0 Å². The lowest BCUT2D eigenvalue weighted by atomic mass is 10.0. The highest BCUT2D eigenvalue weighted by atomic mass is 79.9. The average Bonchev–Trinajstić information content (AvgIpc) is 2.90. The summed E-state index contributed by atoms with van der Waals surface area (Å²) >= 11 is 3.45. The molecule has 0 heterocycles. The van der Waals surface area contributed by atoms with Gasteiger partial charge < -0.3 is 10.2 Å². The molecule has 7 nitrogen and oxygen atoms in total. The molecule has 0 aromatic heterocycles. The Balaban J connectivity index is 2.03. The predicted molar refractivity (Wildman–Crippen MR) is 154 cm³/mol. The summed E-state index contributed by atoms with van der Waals surface area (Å²) in [4.78, 5) is 28.1. The number of hydrogen-bond donors (Lipinski definition) is 1. The number of anilines is 1. The molecule has 3 aromatic rings. The molecule has 0 spiro atoms. The van der Waals surface area contributed by atoms with Crippen molar-refractivity contribution in [2.75, 3.05) is 17.4 Å². The number of likely N-dealkylation sites (N-methyl/N-ethyl adjacent to an activating group) is 1. The first-order valence-electron chi connectivity index (χ1n) is 12.5. The van der Waals surface area contributed by atoms with E-state index in [1.54, 1.807) is 44.2 Å². The van der Waals surface area contributed by atoms with Crippen LogP contribution in [0.1, 0.15) is 44.7 Å². The van der Waals surface area contributed by atoms with Gasteiger partial charge in [0.15, 0.2) is 0 Å². The molecule has 0 unspecified atom stereocenters. The number of rotatable bonds is 11. The van der Waals surface area contributed by atoms with E-state index >= 15 is 0 Å². The molecule has 0 radical (unpaired) electrons. The summed E-state index contributed by atoms with van der Waals surface area (Å²) in [5.41, 5.74) is 2.24. The fourth-order valence-electron chi connectivity index (χ4n) is 4.01. The largest absolute Gasteiger partial charge is 0.355 e. The zero-order valence-corrected chi connectivity index (χ0v) is 24.5. The predicted octanol–water partition coefficient (Wildman–Crippen LogP) is 5.32. The third-order valence-electron chi connectivity index (χ3n) is 6.22. The zero-order valence-electron chi connectivity index (χ0n) is 22.1. The number of carbonyl (C=O) groups excluding carboxylic acids is 2. The molecule has 2 amide bonds. The van der Waals surface area contributed by atoms with Gasteiger partial charge in [-0.1, -0.05) is 72.2 Å². The van der Waals surface area contributed by atoms with Crippen LogP contribution in [0, 0.1) is 0 Å². The number of sulfonamides is 1. The first kappa shape index (κ1) is 29.4. The summed E-state index contributed by atoms with van der Waals surface area (Å²) in [6.07, 6.45) is 0. The molecule has 38 heavy (non-hydrogen) atoms. The van der Waals surface area contributed by atoms with Gasteiger partial charge in [0.2, 0.25) is 11.8 Å². The number of nitrogens with one attached hydrogen (secondary N) is 1. The topological polar surface area (TPSA) is 86.8 Å². The van der Waals surface area contributed by atoms with Crippen LogP contribution in [-0.4, -0.2) is 44.3 Å². The number of hydrogen-bond acceptors (Lipinski definition) is 4. The molecule has 1 N–H and O–H groups in total. The minimum absolute atomic E-state index is 0.0797. The number of amides is 2. The molecule has 3 aromatic carbocycles. The van der Waals surface area contributed by atoms with Crippen LogP contribution >= 0.6 is 15.9 Å². The van der Waals surface area contributed by atoms with E-state index in [-0.39, 0.29) is 23.3 Å². The van der Waals surface area contributed by atoms with Gasteiger partial charge in [0.25, 0.3) is 10.0 Å². The third kappa shape index (κ3) is 7.23. The third-order valence-corrected chi connectivity index (χ3v) is 8.50. The van der Waals surface area contributed by atoms with Gasteiger partial charge in [-0.3, -0.25) is 13.9 Å². The minimum Gasteiger partial charge on any atom is -0.355 e. The fourth-order valence-corrected chi connectivity index (χ4v) is 5.89. The number of benzene rings is 3. The van der Waals surface area contributed by atoms with Crippen LogP contribution < -0.4 is 9.62 Å². The second-order valence-electron chi connectivity index (χ2n) is 9.29. The molecule has 0 saturated heterocycles. The summed E-state index contributed by atoms with van der Waals surface area (Å²) in [7, 11) is -4.07. The first-order valence-corrected chi connectivity index (χ1v) is 14.8. The van der Waals surface area contributed by atoms with Gasteiger partial charge in [-0.05, 0) is 67.3 Å². The Kier molecular flexibility index (Phi) is 10.1. The monoisotopic (exact) mass is 599 g/mol. The quantitative estimate of drug-likeness (QED) is 0.323. The average molecular weight is 601 g/mol. The van der Waals surface area contributed by atoms with Crippen LogP contribution in [-0.2, 0) is 26.2 Å². The van der Waals surface area contributed by atoms with Crippen LogP contribution in [0.2, 0.25) is 0 Å². The van der Waals surface area contributed by atoms with Gasteiger partial charge in [0, 0.05) is 17.6 Å². The lowest BCUT2D eigenvalue weighted by Gasteiger charge is -2.32. The molecular formula is C29H34BrN3O4S. The molecular weight excluding hydrogens is 566 g/mol. The van der Waals surface area contributed by atoms with Crippen molar-refractivity contribution in [2.45, 2.75) is 51.1 Å². The maximum absolute atomic E-state index is 13.8. The van der Waals surface area contributed by atoms with Crippen LogP contribution in [0.4, 0.5) is 5.69 Å². The minimum atomic E-state index is -4.07. The molecule has 3 rings (SSSR count). The van der Waals surface area contributed by atoms with Gasteiger partial charge >= 0.3 is 0 Å². The Bertz CT molecular complexity index is 1350. The van der Waals surface area contributed by atoms with Gasteiger partial charge in [-0.15, -0.1) is 0 Å². The SMILES string of the molecule is CCNC(=O)[C@H](C)N(Cc1cccc(Br)c1)C(=O)CN(c1ccc(C(C)C)cc1)S(=O)(=O)c1ccccc1. The molecule has 0 fully saturated rings. The van der Waals surface area contributed by atoms with Crippen molar-refractivity contribution >= 4 is 43.5 Å². The molecule has 1 atom stereocenters. The highest BCUT2D eigenvalue weighted by molar-refractivity contribution is 9.10. The van der Waals surface area contributed by atoms with Gasteiger partial charge in [0.1, 0.15) is 12.6 Å². The Hall–Kier alpha value is -3.17. The molecule has 0 bridgehead atoms. The number of halogens is 1. The van der Waals surface area contributed by atoms with Crippen molar-refractivity contribution < 1.29 is 18.0 Å². The van der Waals surface area contributed by atoms with Crippen LogP contribution in [0.15, 0.2) is 88.2 Å². The first-order chi connectivity index (χ1) is 18.0. The molecule has 202 valence electrons. The lowest BCUT2D eigenvalue weighted by Crippen LogP contribution is -2.51. The second kappa shape index (κ2) is 13.1. The highest BCUT2D eigenvalue weighted by Gasteiger charge is 2.32. The Labute approximate surface area is 234 Å². The summed E-state index contributed by atoms with van der Waals surface area (Å²) in [6, 6.07) is 21.8. The molecule has 9 heteroatoms. The molecule has 0 aliphatic rings. The molecule has 0 aliphatic carbocycles. The van der Waals surface area contributed by atoms with Crippen LogP contribution in [0.25, 0.3) is 0 Å². The van der Waals surface area contributed by atoms with Crippen molar-refractivity contribution in [1.29, 1.82) is 0 Å². The normalized spacial score (nSPS) is 12.2. The smallest absolute Gasteiger partial charge is 0.264 e. The van der Waals surface area contributed by atoms with Gasteiger partial charge in [-0.25, -0.2) is 8.42 Å². The second-order valence-corrected chi connectivity index (χ2v) is 12.1. The van der Waals surface area contributed by atoms with Crippen molar-refractivity contribution in [3.05, 3.63) is 94.5 Å². The summed E-state index contributed by atoms with van der Waals surface area (Å²) < 4.78 is 29.5. The van der Waals surface area contributed by atoms with E-state index < -0.39 is 28.5 Å². The van der Waals surface area contributed by atoms with Crippen molar-refractivity contribution in [1.82, 2.24) is 10.2 Å². The molecule has 0 aliphatic heterocycles. The summed E-state index contributed by atoms with van der Waals surface area (Å²) in [6.45, 7) is 7.66. The van der Waals surface area contributed by atoms with Crippen LogP contribution in [0.3, 0.4) is 0 Å². The highest BCUT2D eigenvalue weighted by Crippen LogP contribution is 2.26. The molecule has 0 saturated carbocycles. The van der Waals surface area contributed by atoms with Crippen LogP contribution in [0.5, 0.6) is 0 Å². The summed E-state index contributed by atoms with van der Waals surface area (Å²) in [5.74, 6) is -0.533.